The molecule has 3 aromatic rings. The zero-order valence-corrected chi connectivity index (χ0v) is 22.7. The van der Waals surface area contributed by atoms with Crippen molar-refractivity contribution in [3.05, 3.63) is 89.5 Å². The molecule has 4 rings (SSSR count). The topological polar surface area (TPSA) is 88.2 Å². The van der Waals surface area contributed by atoms with Crippen LogP contribution in [0.4, 0.5) is 5.69 Å². The van der Waals surface area contributed by atoms with Crippen molar-refractivity contribution in [1.82, 2.24) is 10.2 Å². The van der Waals surface area contributed by atoms with Gasteiger partial charge < -0.3 is 14.8 Å². The first-order valence-corrected chi connectivity index (χ1v) is 14.3. The molecule has 0 spiro atoms. The van der Waals surface area contributed by atoms with Crippen molar-refractivity contribution >= 4 is 21.6 Å². The Balaban J connectivity index is 1.46. The molecule has 38 heavy (non-hydrogen) atoms. The zero-order chi connectivity index (χ0) is 27.0. The second-order valence-electron chi connectivity index (χ2n) is 9.24. The lowest BCUT2D eigenvalue weighted by Crippen LogP contribution is -2.40. The van der Waals surface area contributed by atoms with Crippen molar-refractivity contribution in [2.24, 2.45) is 0 Å². The van der Waals surface area contributed by atoms with Gasteiger partial charge in [-0.25, -0.2) is 8.42 Å². The van der Waals surface area contributed by atoms with Crippen LogP contribution in [-0.2, 0) is 32.6 Å². The first-order chi connectivity index (χ1) is 18.3. The van der Waals surface area contributed by atoms with E-state index in [2.05, 4.69) is 22.3 Å². The number of hydrogen-bond acceptors (Lipinski definition) is 6. The van der Waals surface area contributed by atoms with Gasteiger partial charge in [0.15, 0.2) is 0 Å². The highest BCUT2D eigenvalue weighted by Crippen LogP contribution is 2.25. The molecule has 1 N–H and O–H groups in total. The molecule has 9 heteroatoms. The van der Waals surface area contributed by atoms with Gasteiger partial charge in [-0.05, 0) is 61.4 Å². The highest BCUT2D eigenvalue weighted by Gasteiger charge is 2.27. The maximum Gasteiger partial charge on any atom is 0.264 e. The molecule has 0 radical (unpaired) electrons. The minimum Gasteiger partial charge on any atom is -0.494 e. The second-order valence-corrected chi connectivity index (χ2v) is 11.1. The molecule has 0 aliphatic carbocycles. The number of amides is 1. The molecule has 0 bridgehead atoms. The van der Waals surface area contributed by atoms with Crippen molar-refractivity contribution in [3.8, 4) is 5.75 Å². The highest BCUT2D eigenvalue weighted by atomic mass is 32.2. The van der Waals surface area contributed by atoms with Crippen LogP contribution >= 0.6 is 0 Å². The molecule has 1 aliphatic heterocycles. The van der Waals surface area contributed by atoms with Crippen LogP contribution in [0.25, 0.3) is 0 Å². The number of ether oxygens (including phenoxy) is 2. The van der Waals surface area contributed by atoms with E-state index in [4.69, 9.17) is 9.47 Å². The van der Waals surface area contributed by atoms with Gasteiger partial charge in [0, 0.05) is 26.2 Å². The summed E-state index contributed by atoms with van der Waals surface area (Å²) in [5.74, 6) is 0.195. The third-order valence-corrected chi connectivity index (χ3v) is 8.11. The number of nitrogens with zero attached hydrogens (tertiary/aromatic N) is 2. The van der Waals surface area contributed by atoms with Gasteiger partial charge in [0.05, 0.1) is 30.4 Å². The van der Waals surface area contributed by atoms with Crippen LogP contribution in [0.5, 0.6) is 5.75 Å². The lowest BCUT2D eigenvalue weighted by Gasteiger charge is -2.26. The Morgan fingerprint density at radius 2 is 1.68 bits per heavy atom. The van der Waals surface area contributed by atoms with Crippen LogP contribution in [0, 0.1) is 6.92 Å². The molecule has 1 heterocycles. The van der Waals surface area contributed by atoms with Gasteiger partial charge in [-0.3, -0.25) is 14.0 Å². The Labute approximate surface area is 225 Å². The van der Waals surface area contributed by atoms with Crippen molar-refractivity contribution in [2.45, 2.75) is 31.8 Å². The summed E-state index contributed by atoms with van der Waals surface area (Å²) in [6, 6.07) is 21.4. The average Bonchev–Trinajstić information content (AvgIpc) is 2.92. The van der Waals surface area contributed by atoms with Crippen molar-refractivity contribution in [2.75, 3.05) is 43.8 Å². The molecule has 3 aromatic carbocycles. The van der Waals surface area contributed by atoms with E-state index < -0.39 is 15.9 Å². The Bertz CT molecular complexity index is 1300. The summed E-state index contributed by atoms with van der Waals surface area (Å²) >= 11 is 0. The molecule has 1 aliphatic rings. The largest absolute Gasteiger partial charge is 0.494 e. The van der Waals surface area contributed by atoms with Crippen LogP contribution in [0.15, 0.2) is 77.7 Å². The number of nitrogens with one attached hydrogen (secondary N) is 1. The molecular weight excluding hydrogens is 502 g/mol. The number of sulfonamides is 1. The van der Waals surface area contributed by atoms with E-state index in [1.807, 2.05) is 38.1 Å². The Hall–Kier alpha value is -3.40. The number of hydrogen-bond donors (Lipinski definition) is 1. The standard InChI is InChI=1S/C29H35N3O5S/c1-3-37-27-11-13-28(14-12-27)38(34,35)32(26-9-7-23(2)8-10-26)22-29(33)30-20-24-5-4-6-25(19-24)21-31-15-17-36-18-16-31/h4-14,19H,3,15-18,20-22H2,1-2H3,(H,30,33). The predicted molar refractivity (Wildman–Crippen MR) is 148 cm³/mol. The van der Waals surface area contributed by atoms with Crippen LogP contribution in [0.2, 0.25) is 0 Å². The molecule has 1 fully saturated rings. The second kappa shape index (κ2) is 12.9. The summed E-state index contributed by atoms with van der Waals surface area (Å²) in [6.07, 6.45) is 0. The van der Waals surface area contributed by atoms with Gasteiger partial charge >= 0.3 is 0 Å². The van der Waals surface area contributed by atoms with Crippen LogP contribution in [-0.4, -0.2) is 58.7 Å². The van der Waals surface area contributed by atoms with Gasteiger partial charge in [-0.2, -0.15) is 0 Å². The fraction of sp³-hybridized carbons (Fsp3) is 0.345. The quantitative estimate of drug-likeness (QED) is 0.401. The van der Waals surface area contributed by atoms with E-state index in [0.717, 1.165) is 53.8 Å². The fourth-order valence-corrected chi connectivity index (χ4v) is 5.69. The van der Waals surface area contributed by atoms with Gasteiger partial charge in [0.2, 0.25) is 5.91 Å². The fourth-order valence-electron chi connectivity index (χ4n) is 4.27. The number of carbonyl (C=O) groups is 1. The maximum atomic E-state index is 13.6. The van der Waals surface area contributed by atoms with Crippen LogP contribution in [0.3, 0.4) is 0 Å². The molecule has 0 saturated carbocycles. The van der Waals surface area contributed by atoms with Crippen LogP contribution in [0.1, 0.15) is 23.6 Å². The van der Waals surface area contributed by atoms with E-state index in [1.54, 1.807) is 24.3 Å². The monoisotopic (exact) mass is 537 g/mol. The summed E-state index contributed by atoms with van der Waals surface area (Å²) in [6.45, 7) is 8.35. The summed E-state index contributed by atoms with van der Waals surface area (Å²) in [5.41, 5.74) is 3.54. The SMILES string of the molecule is CCOc1ccc(S(=O)(=O)N(CC(=O)NCc2cccc(CN3CCOCC3)c2)c2ccc(C)cc2)cc1. The lowest BCUT2D eigenvalue weighted by molar-refractivity contribution is -0.119. The number of anilines is 1. The summed E-state index contributed by atoms with van der Waals surface area (Å²) < 4.78 is 39.3. The summed E-state index contributed by atoms with van der Waals surface area (Å²) in [5, 5.41) is 2.89. The third kappa shape index (κ3) is 7.34. The molecule has 0 aromatic heterocycles. The number of carbonyl (C=O) groups excluding carboxylic acids is 1. The number of aryl methyl sites for hydroxylation is 1. The Morgan fingerprint density at radius 3 is 2.37 bits per heavy atom. The number of rotatable bonds is 11. The number of morpholine rings is 1. The first kappa shape index (κ1) is 27.6. The van der Waals surface area contributed by atoms with Gasteiger partial charge in [-0.15, -0.1) is 0 Å². The van der Waals surface area contributed by atoms with E-state index in [0.29, 0.717) is 24.6 Å². The van der Waals surface area contributed by atoms with Gasteiger partial charge in [0.25, 0.3) is 10.0 Å². The smallest absolute Gasteiger partial charge is 0.264 e. The zero-order valence-electron chi connectivity index (χ0n) is 21.9. The normalized spacial score (nSPS) is 14.2. The first-order valence-electron chi connectivity index (χ1n) is 12.8. The van der Waals surface area contributed by atoms with E-state index in [1.165, 1.54) is 12.1 Å². The highest BCUT2D eigenvalue weighted by molar-refractivity contribution is 7.92. The van der Waals surface area contributed by atoms with E-state index >= 15 is 0 Å². The average molecular weight is 538 g/mol. The van der Waals surface area contributed by atoms with Gasteiger partial charge in [-0.1, -0.05) is 42.0 Å². The molecular formula is C29H35N3O5S. The lowest BCUT2D eigenvalue weighted by atomic mass is 10.1. The van der Waals surface area contributed by atoms with E-state index in [-0.39, 0.29) is 11.4 Å². The van der Waals surface area contributed by atoms with Crippen molar-refractivity contribution in [1.29, 1.82) is 0 Å². The minimum atomic E-state index is -4.00. The predicted octanol–water partition coefficient (Wildman–Crippen LogP) is 3.74. The molecule has 8 nitrogen and oxygen atoms in total. The summed E-state index contributed by atoms with van der Waals surface area (Å²) in [4.78, 5) is 15.5. The van der Waals surface area contributed by atoms with Crippen LogP contribution < -0.4 is 14.4 Å². The van der Waals surface area contributed by atoms with Gasteiger partial charge in [0.1, 0.15) is 12.3 Å². The maximum absolute atomic E-state index is 13.6. The molecule has 1 amide bonds. The third-order valence-electron chi connectivity index (χ3n) is 6.32. The summed E-state index contributed by atoms with van der Waals surface area (Å²) in [7, 11) is -4.00. The minimum absolute atomic E-state index is 0.0881. The van der Waals surface area contributed by atoms with Crippen molar-refractivity contribution in [3.63, 3.8) is 0 Å². The molecule has 0 unspecified atom stereocenters. The molecule has 0 atom stereocenters. The Morgan fingerprint density at radius 1 is 1.00 bits per heavy atom. The van der Waals surface area contributed by atoms with Crippen molar-refractivity contribution < 1.29 is 22.7 Å². The Kier molecular flexibility index (Phi) is 9.38. The molecule has 1 saturated heterocycles. The molecule has 202 valence electrons. The number of benzene rings is 3. The van der Waals surface area contributed by atoms with E-state index in [9.17, 15) is 13.2 Å².